The number of rotatable bonds is 4. The Balaban J connectivity index is 2.45. The Morgan fingerprint density at radius 2 is 1.88 bits per heavy atom. The van der Waals surface area contributed by atoms with Crippen molar-refractivity contribution in [3.05, 3.63) is 0 Å². The number of amides is 1. The molecule has 92 valence electrons. The van der Waals surface area contributed by atoms with Crippen molar-refractivity contribution < 1.29 is 14.7 Å². The first-order chi connectivity index (χ1) is 7.52. The summed E-state index contributed by atoms with van der Waals surface area (Å²) in [6, 6.07) is 0.301. The fourth-order valence-electron chi connectivity index (χ4n) is 2.45. The number of nitrogens with zero attached hydrogens (tertiary/aromatic N) is 1. The molecule has 4 nitrogen and oxygen atoms in total. The SMILES string of the molecule is CC1CCCCC1N(C)C(=O)CCC(=O)O. The first-order valence-electron chi connectivity index (χ1n) is 6.00. The third-order valence-electron chi connectivity index (χ3n) is 3.51. The molecule has 1 rings (SSSR count). The summed E-state index contributed by atoms with van der Waals surface area (Å²) < 4.78 is 0. The molecule has 0 saturated heterocycles. The quantitative estimate of drug-likeness (QED) is 0.797. The first kappa shape index (κ1) is 13.0. The fourth-order valence-corrected chi connectivity index (χ4v) is 2.45. The predicted octanol–water partition coefficient (Wildman–Crippen LogP) is 1.89. The minimum Gasteiger partial charge on any atom is -0.481 e. The number of carboxylic acid groups (broad SMARTS) is 1. The smallest absolute Gasteiger partial charge is 0.303 e. The second-order valence-electron chi connectivity index (χ2n) is 4.73. The Morgan fingerprint density at radius 3 is 2.44 bits per heavy atom. The number of aliphatic carboxylic acids is 1. The van der Waals surface area contributed by atoms with Gasteiger partial charge in [-0.3, -0.25) is 9.59 Å². The molecule has 1 aliphatic carbocycles. The Labute approximate surface area is 96.6 Å². The molecule has 0 radical (unpaired) electrons. The van der Waals surface area contributed by atoms with E-state index in [9.17, 15) is 9.59 Å². The molecule has 0 aromatic carbocycles. The van der Waals surface area contributed by atoms with Crippen molar-refractivity contribution in [1.29, 1.82) is 0 Å². The molecule has 2 unspecified atom stereocenters. The maximum absolute atomic E-state index is 11.8. The largest absolute Gasteiger partial charge is 0.481 e. The molecule has 1 fully saturated rings. The standard InChI is InChI=1S/C12H21NO3/c1-9-5-3-4-6-10(9)13(2)11(14)7-8-12(15)16/h9-10H,3-8H2,1-2H3,(H,15,16). The van der Waals surface area contributed by atoms with E-state index >= 15 is 0 Å². The number of carbonyl (C=O) groups excluding carboxylic acids is 1. The van der Waals surface area contributed by atoms with E-state index in [-0.39, 0.29) is 18.7 Å². The summed E-state index contributed by atoms with van der Waals surface area (Å²) in [6.07, 6.45) is 4.69. The van der Waals surface area contributed by atoms with Crippen LogP contribution in [-0.2, 0) is 9.59 Å². The van der Waals surface area contributed by atoms with Gasteiger partial charge < -0.3 is 10.0 Å². The van der Waals surface area contributed by atoms with E-state index in [1.807, 2.05) is 0 Å². The molecule has 1 saturated carbocycles. The molecule has 4 heteroatoms. The van der Waals surface area contributed by atoms with Crippen LogP contribution in [0.25, 0.3) is 0 Å². The van der Waals surface area contributed by atoms with Crippen molar-refractivity contribution in [2.24, 2.45) is 5.92 Å². The highest BCUT2D eigenvalue weighted by atomic mass is 16.4. The molecule has 0 aromatic heterocycles. The third-order valence-corrected chi connectivity index (χ3v) is 3.51. The lowest BCUT2D eigenvalue weighted by Crippen LogP contribution is -2.42. The Morgan fingerprint density at radius 1 is 1.25 bits per heavy atom. The first-order valence-corrected chi connectivity index (χ1v) is 6.00. The molecule has 1 N–H and O–H groups in total. The highest BCUT2D eigenvalue weighted by molar-refractivity contribution is 5.80. The van der Waals surface area contributed by atoms with Gasteiger partial charge in [0.2, 0.25) is 5.91 Å². The van der Waals surface area contributed by atoms with E-state index in [0.717, 1.165) is 6.42 Å². The van der Waals surface area contributed by atoms with Crippen LogP contribution in [-0.4, -0.2) is 35.0 Å². The highest BCUT2D eigenvalue weighted by Gasteiger charge is 2.27. The summed E-state index contributed by atoms with van der Waals surface area (Å²) in [5, 5.41) is 8.54. The van der Waals surface area contributed by atoms with Crippen LogP contribution < -0.4 is 0 Å². The van der Waals surface area contributed by atoms with E-state index in [2.05, 4.69) is 6.92 Å². The molecule has 0 aliphatic heterocycles. The molecule has 0 heterocycles. The zero-order chi connectivity index (χ0) is 12.1. The summed E-state index contributed by atoms with van der Waals surface area (Å²) in [5.74, 6) is -0.410. The molecule has 2 atom stereocenters. The minimum atomic E-state index is -0.904. The van der Waals surface area contributed by atoms with Gasteiger partial charge in [-0.1, -0.05) is 19.8 Å². The lowest BCUT2D eigenvalue weighted by atomic mass is 9.85. The average molecular weight is 227 g/mol. The zero-order valence-electron chi connectivity index (χ0n) is 10.1. The molecule has 16 heavy (non-hydrogen) atoms. The van der Waals surface area contributed by atoms with Gasteiger partial charge in [0, 0.05) is 19.5 Å². The van der Waals surface area contributed by atoms with Crippen molar-refractivity contribution in [2.75, 3.05) is 7.05 Å². The maximum Gasteiger partial charge on any atom is 0.303 e. The summed E-state index contributed by atoms with van der Waals surface area (Å²) in [6.45, 7) is 2.17. The Hall–Kier alpha value is -1.06. The monoisotopic (exact) mass is 227 g/mol. The van der Waals surface area contributed by atoms with Gasteiger partial charge in [-0.2, -0.15) is 0 Å². The van der Waals surface area contributed by atoms with Crippen molar-refractivity contribution in [2.45, 2.75) is 51.5 Å². The van der Waals surface area contributed by atoms with Crippen molar-refractivity contribution in [1.82, 2.24) is 4.90 Å². The van der Waals surface area contributed by atoms with E-state index in [1.165, 1.54) is 19.3 Å². The van der Waals surface area contributed by atoms with Gasteiger partial charge in [0.15, 0.2) is 0 Å². The van der Waals surface area contributed by atoms with Crippen molar-refractivity contribution in [3.8, 4) is 0 Å². The fraction of sp³-hybridized carbons (Fsp3) is 0.833. The third kappa shape index (κ3) is 3.51. The topological polar surface area (TPSA) is 57.6 Å². The van der Waals surface area contributed by atoms with Crippen LogP contribution >= 0.6 is 0 Å². The second-order valence-corrected chi connectivity index (χ2v) is 4.73. The van der Waals surface area contributed by atoms with Gasteiger partial charge >= 0.3 is 5.97 Å². The van der Waals surface area contributed by atoms with Gasteiger partial charge in [-0.15, -0.1) is 0 Å². The molecule has 1 aliphatic rings. The summed E-state index contributed by atoms with van der Waals surface area (Å²) in [5.41, 5.74) is 0. The summed E-state index contributed by atoms with van der Waals surface area (Å²) >= 11 is 0. The van der Waals surface area contributed by atoms with Gasteiger partial charge in [0.05, 0.1) is 6.42 Å². The second kappa shape index (κ2) is 5.87. The van der Waals surface area contributed by atoms with E-state index in [0.29, 0.717) is 12.0 Å². The van der Waals surface area contributed by atoms with Crippen LogP contribution in [0.2, 0.25) is 0 Å². The van der Waals surface area contributed by atoms with Gasteiger partial charge in [0.1, 0.15) is 0 Å². The van der Waals surface area contributed by atoms with Gasteiger partial charge in [0.25, 0.3) is 0 Å². The van der Waals surface area contributed by atoms with Crippen LogP contribution in [0.3, 0.4) is 0 Å². The maximum atomic E-state index is 11.8. The molecular formula is C12H21NO3. The van der Waals surface area contributed by atoms with E-state index in [1.54, 1.807) is 11.9 Å². The molecule has 0 bridgehead atoms. The minimum absolute atomic E-state index is 0.0406. The molecule has 0 spiro atoms. The number of hydrogen-bond donors (Lipinski definition) is 1. The molecule has 0 aromatic rings. The number of hydrogen-bond acceptors (Lipinski definition) is 2. The predicted molar refractivity (Wildman–Crippen MR) is 61.1 cm³/mol. The number of carboxylic acids is 1. The van der Waals surface area contributed by atoms with Crippen LogP contribution in [0, 0.1) is 5.92 Å². The van der Waals surface area contributed by atoms with Crippen LogP contribution in [0.15, 0.2) is 0 Å². The van der Waals surface area contributed by atoms with E-state index < -0.39 is 5.97 Å². The Kier molecular flexibility index (Phi) is 4.77. The van der Waals surface area contributed by atoms with E-state index in [4.69, 9.17) is 5.11 Å². The van der Waals surface area contributed by atoms with Gasteiger partial charge in [-0.25, -0.2) is 0 Å². The lowest BCUT2D eigenvalue weighted by molar-refractivity contribution is -0.141. The van der Waals surface area contributed by atoms with Gasteiger partial charge in [-0.05, 0) is 18.8 Å². The van der Waals surface area contributed by atoms with Crippen LogP contribution in [0.4, 0.5) is 0 Å². The molecule has 1 amide bonds. The summed E-state index contributed by atoms with van der Waals surface area (Å²) in [4.78, 5) is 23.9. The highest BCUT2D eigenvalue weighted by Crippen LogP contribution is 2.27. The van der Waals surface area contributed by atoms with Crippen molar-refractivity contribution >= 4 is 11.9 Å². The van der Waals surface area contributed by atoms with Crippen molar-refractivity contribution in [3.63, 3.8) is 0 Å². The zero-order valence-corrected chi connectivity index (χ0v) is 10.1. The van der Waals surface area contributed by atoms with Crippen LogP contribution in [0.5, 0.6) is 0 Å². The Bertz CT molecular complexity index is 265. The van der Waals surface area contributed by atoms with Crippen LogP contribution in [0.1, 0.15) is 45.4 Å². The summed E-state index contributed by atoms with van der Waals surface area (Å²) in [7, 11) is 1.80. The molecular weight excluding hydrogens is 206 g/mol. The average Bonchev–Trinajstić information content (AvgIpc) is 2.25. The number of carbonyl (C=O) groups is 2. The normalized spacial score (nSPS) is 25.1. The lowest BCUT2D eigenvalue weighted by Gasteiger charge is -2.36.